The van der Waals surface area contributed by atoms with Gasteiger partial charge < -0.3 is 10.2 Å². The number of fused-ring (bicyclic) bond motifs is 5. The van der Waals surface area contributed by atoms with Gasteiger partial charge in [-0.15, -0.1) is 0 Å². The summed E-state index contributed by atoms with van der Waals surface area (Å²) in [6, 6.07) is 0. The summed E-state index contributed by atoms with van der Waals surface area (Å²) < 4.78 is 0. The molecule has 0 saturated heterocycles. The predicted octanol–water partition coefficient (Wildman–Crippen LogP) is 4.24. The summed E-state index contributed by atoms with van der Waals surface area (Å²) >= 11 is 6.51. The highest BCUT2D eigenvalue weighted by molar-refractivity contribution is 6.30. The van der Waals surface area contributed by atoms with E-state index < -0.39 is 6.10 Å². The average molecular weight is 325 g/mol. The van der Waals surface area contributed by atoms with Gasteiger partial charge in [-0.05, 0) is 85.5 Å². The SMILES string of the molecule is C[C@]12CC[C@H]3[C@@H](CCC4=C(Cl)[C@@H](O)CC[C@@]43C)[C@@H]1CC[C@@H]2O. The molecule has 4 aliphatic rings. The van der Waals surface area contributed by atoms with Crippen LogP contribution in [0.25, 0.3) is 0 Å². The van der Waals surface area contributed by atoms with E-state index in [1.807, 2.05) is 0 Å². The third-order valence-corrected chi connectivity index (χ3v) is 8.62. The lowest BCUT2D eigenvalue weighted by molar-refractivity contribution is -0.0765. The molecule has 3 heteroatoms. The van der Waals surface area contributed by atoms with Crippen molar-refractivity contribution >= 4 is 11.6 Å². The monoisotopic (exact) mass is 324 g/mol. The Morgan fingerprint density at radius 3 is 2.50 bits per heavy atom. The van der Waals surface area contributed by atoms with E-state index in [0.29, 0.717) is 11.8 Å². The first-order valence-electron chi connectivity index (χ1n) is 9.13. The fourth-order valence-electron chi connectivity index (χ4n) is 6.77. The van der Waals surface area contributed by atoms with Crippen molar-refractivity contribution in [3.8, 4) is 0 Å². The van der Waals surface area contributed by atoms with Crippen LogP contribution in [0.2, 0.25) is 0 Å². The summed E-state index contributed by atoms with van der Waals surface area (Å²) in [4.78, 5) is 0. The number of hydrogen-bond acceptors (Lipinski definition) is 2. The van der Waals surface area contributed by atoms with E-state index in [-0.39, 0.29) is 16.9 Å². The lowest BCUT2D eigenvalue weighted by Crippen LogP contribution is -2.51. The highest BCUT2D eigenvalue weighted by Crippen LogP contribution is 2.66. The first-order chi connectivity index (χ1) is 10.4. The van der Waals surface area contributed by atoms with Crippen molar-refractivity contribution in [2.75, 3.05) is 0 Å². The molecule has 4 rings (SSSR count). The van der Waals surface area contributed by atoms with E-state index in [2.05, 4.69) is 13.8 Å². The van der Waals surface area contributed by atoms with Crippen molar-refractivity contribution in [1.82, 2.24) is 0 Å². The van der Waals surface area contributed by atoms with Gasteiger partial charge in [0.2, 0.25) is 0 Å². The molecule has 0 aliphatic heterocycles. The van der Waals surface area contributed by atoms with Crippen molar-refractivity contribution < 1.29 is 10.2 Å². The first-order valence-corrected chi connectivity index (χ1v) is 9.51. The van der Waals surface area contributed by atoms with E-state index in [4.69, 9.17) is 11.6 Å². The molecule has 0 bridgehead atoms. The number of halogens is 1. The third-order valence-electron chi connectivity index (χ3n) is 8.14. The molecule has 2 N–H and O–H groups in total. The molecule has 0 aromatic rings. The van der Waals surface area contributed by atoms with Crippen LogP contribution in [-0.2, 0) is 0 Å². The lowest BCUT2D eigenvalue weighted by Gasteiger charge is -2.58. The summed E-state index contributed by atoms with van der Waals surface area (Å²) in [5.74, 6) is 2.12. The van der Waals surface area contributed by atoms with Gasteiger partial charge in [-0.1, -0.05) is 25.4 Å². The molecule has 0 aromatic carbocycles. The smallest absolute Gasteiger partial charge is 0.0895 e. The Kier molecular flexibility index (Phi) is 3.50. The summed E-state index contributed by atoms with van der Waals surface area (Å²) in [5.41, 5.74) is 1.70. The zero-order valence-electron chi connectivity index (χ0n) is 13.8. The van der Waals surface area contributed by atoms with Gasteiger partial charge >= 0.3 is 0 Å². The van der Waals surface area contributed by atoms with E-state index in [9.17, 15) is 10.2 Å². The molecule has 0 aromatic heterocycles. The molecule has 22 heavy (non-hydrogen) atoms. The van der Waals surface area contributed by atoms with Gasteiger partial charge in [0.15, 0.2) is 0 Å². The molecular weight excluding hydrogens is 296 g/mol. The number of allylic oxidation sites excluding steroid dienone is 1. The quantitative estimate of drug-likeness (QED) is 0.699. The fraction of sp³-hybridized carbons (Fsp3) is 0.895. The van der Waals surface area contributed by atoms with Gasteiger partial charge in [0.25, 0.3) is 0 Å². The number of aliphatic hydroxyl groups excluding tert-OH is 2. The average Bonchev–Trinajstić information content (AvgIpc) is 2.79. The van der Waals surface area contributed by atoms with Crippen LogP contribution in [0.4, 0.5) is 0 Å². The third kappa shape index (κ3) is 1.87. The van der Waals surface area contributed by atoms with Gasteiger partial charge in [-0.2, -0.15) is 0 Å². The molecule has 4 aliphatic carbocycles. The van der Waals surface area contributed by atoms with Crippen molar-refractivity contribution in [3.63, 3.8) is 0 Å². The molecule has 0 amide bonds. The van der Waals surface area contributed by atoms with Crippen LogP contribution in [0.5, 0.6) is 0 Å². The lowest BCUT2D eigenvalue weighted by atomic mass is 9.47. The highest BCUT2D eigenvalue weighted by Gasteiger charge is 2.59. The van der Waals surface area contributed by atoms with Gasteiger partial charge in [-0.25, -0.2) is 0 Å². The normalized spacial score (nSPS) is 54.7. The minimum atomic E-state index is -0.427. The Morgan fingerprint density at radius 2 is 1.73 bits per heavy atom. The largest absolute Gasteiger partial charge is 0.393 e. The molecule has 2 nitrogen and oxygen atoms in total. The van der Waals surface area contributed by atoms with Crippen LogP contribution in [-0.4, -0.2) is 22.4 Å². The van der Waals surface area contributed by atoms with E-state index in [1.54, 1.807) is 0 Å². The first kappa shape index (κ1) is 15.5. The van der Waals surface area contributed by atoms with Gasteiger partial charge in [-0.3, -0.25) is 0 Å². The van der Waals surface area contributed by atoms with Gasteiger partial charge in [0.1, 0.15) is 0 Å². The fourth-order valence-corrected chi connectivity index (χ4v) is 7.19. The summed E-state index contributed by atoms with van der Waals surface area (Å²) in [6.07, 6.45) is 8.18. The molecule has 7 atom stereocenters. The Labute approximate surface area is 138 Å². The molecular formula is C19H29ClO2. The molecule has 0 spiro atoms. The van der Waals surface area contributed by atoms with Crippen molar-refractivity contribution in [1.29, 1.82) is 0 Å². The second kappa shape index (κ2) is 4.97. The summed E-state index contributed by atoms with van der Waals surface area (Å²) in [6.45, 7) is 4.73. The zero-order chi connectivity index (χ0) is 15.7. The van der Waals surface area contributed by atoms with Crippen LogP contribution < -0.4 is 0 Å². The van der Waals surface area contributed by atoms with Crippen LogP contribution in [0.1, 0.15) is 65.2 Å². The van der Waals surface area contributed by atoms with Crippen LogP contribution in [0.15, 0.2) is 10.6 Å². The van der Waals surface area contributed by atoms with E-state index >= 15 is 0 Å². The Bertz CT molecular complexity index is 516. The molecule has 3 fully saturated rings. The molecule has 0 heterocycles. The Hall–Kier alpha value is -0.0500. The van der Waals surface area contributed by atoms with Crippen molar-refractivity contribution in [2.24, 2.45) is 28.6 Å². The molecule has 0 radical (unpaired) electrons. The maximum absolute atomic E-state index is 10.5. The zero-order valence-corrected chi connectivity index (χ0v) is 14.6. The highest BCUT2D eigenvalue weighted by atomic mass is 35.5. The van der Waals surface area contributed by atoms with Crippen LogP contribution >= 0.6 is 11.6 Å². The summed E-state index contributed by atoms with van der Waals surface area (Å²) in [5, 5.41) is 21.4. The maximum atomic E-state index is 10.5. The van der Waals surface area contributed by atoms with E-state index in [0.717, 1.165) is 43.1 Å². The van der Waals surface area contributed by atoms with Gasteiger partial charge in [0, 0.05) is 5.03 Å². The van der Waals surface area contributed by atoms with E-state index in [1.165, 1.54) is 24.8 Å². The number of hydrogen-bond donors (Lipinski definition) is 2. The topological polar surface area (TPSA) is 40.5 Å². The Balaban J connectivity index is 1.70. The number of rotatable bonds is 0. The second-order valence-electron chi connectivity index (χ2n) is 8.85. The molecule has 0 unspecified atom stereocenters. The standard InChI is InChI=1S/C19H29ClO2/c1-18-10-8-15(21)17(20)14(18)4-3-11-12-5-6-16(22)19(12,2)9-7-13(11)18/h11-13,15-16,21-22H,3-10H2,1-2H3/t11-,12-,13-,15-,16-,18+,19-/m0/s1. The summed E-state index contributed by atoms with van der Waals surface area (Å²) in [7, 11) is 0. The van der Waals surface area contributed by atoms with Crippen LogP contribution in [0, 0.1) is 28.6 Å². The predicted molar refractivity (Wildman–Crippen MR) is 88.5 cm³/mol. The van der Waals surface area contributed by atoms with Gasteiger partial charge in [0.05, 0.1) is 12.2 Å². The van der Waals surface area contributed by atoms with Crippen molar-refractivity contribution in [3.05, 3.63) is 10.6 Å². The van der Waals surface area contributed by atoms with Crippen molar-refractivity contribution in [2.45, 2.75) is 77.4 Å². The second-order valence-corrected chi connectivity index (χ2v) is 9.26. The molecule has 124 valence electrons. The minimum Gasteiger partial charge on any atom is -0.393 e. The number of aliphatic hydroxyl groups is 2. The Morgan fingerprint density at radius 1 is 0.955 bits per heavy atom. The molecule has 3 saturated carbocycles. The minimum absolute atomic E-state index is 0.0973. The van der Waals surface area contributed by atoms with Crippen LogP contribution in [0.3, 0.4) is 0 Å². The maximum Gasteiger partial charge on any atom is 0.0895 e.